The van der Waals surface area contributed by atoms with E-state index in [-0.39, 0.29) is 17.9 Å². The number of carbonyl (C=O) groups is 2. The minimum atomic E-state index is -0.585. The average Bonchev–Trinajstić information content (AvgIpc) is 3.14. The van der Waals surface area contributed by atoms with Crippen molar-refractivity contribution >= 4 is 17.9 Å². The van der Waals surface area contributed by atoms with Gasteiger partial charge in [0, 0.05) is 19.6 Å². The van der Waals surface area contributed by atoms with Crippen molar-refractivity contribution in [1.29, 1.82) is 5.41 Å². The quantitative estimate of drug-likeness (QED) is 0.593. The number of nitrogens with zero attached hydrogens (tertiary/aromatic N) is 2. The first-order valence-electron chi connectivity index (χ1n) is 9.66. The summed E-state index contributed by atoms with van der Waals surface area (Å²) < 4.78 is 0. The summed E-state index contributed by atoms with van der Waals surface area (Å²) in [6, 6.07) is -0.368. The monoisotopic (exact) mass is 351 g/mol. The van der Waals surface area contributed by atoms with Gasteiger partial charge in [0.1, 0.15) is 5.54 Å². The van der Waals surface area contributed by atoms with Gasteiger partial charge in [-0.2, -0.15) is 0 Å². The van der Waals surface area contributed by atoms with Crippen molar-refractivity contribution in [3.63, 3.8) is 0 Å². The Bertz CT molecular complexity index is 500. The van der Waals surface area contributed by atoms with Crippen LogP contribution in [0.25, 0.3) is 0 Å². The first-order chi connectivity index (χ1) is 11.9. The smallest absolute Gasteiger partial charge is 0.314 e. The van der Waals surface area contributed by atoms with Crippen LogP contribution in [0.3, 0.4) is 0 Å². The predicted octanol–water partition coefficient (Wildman–Crippen LogP) is 2.26. The summed E-state index contributed by atoms with van der Waals surface area (Å²) in [6.07, 6.45) is 7.36. The highest BCUT2D eigenvalue weighted by atomic mass is 16.2. The molecule has 2 aliphatic rings. The Morgan fingerprint density at radius 3 is 2.48 bits per heavy atom. The van der Waals surface area contributed by atoms with Crippen LogP contribution in [-0.4, -0.2) is 52.9 Å². The molecular formula is C18H33N5O2. The number of hydrogen-bond donors (Lipinski definition) is 3. The van der Waals surface area contributed by atoms with Gasteiger partial charge in [0.05, 0.1) is 0 Å². The third-order valence-corrected chi connectivity index (χ3v) is 5.55. The van der Waals surface area contributed by atoms with E-state index in [1.807, 2.05) is 0 Å². The van der Waals surface area contributed by atoms with Crippen LogP contribution in [0.5, 0.6) is 0 Å². The fraction of sp³-hybridized carbons (Fsp3) is 0.833. The van der Waals surface area contributed by atoms with Crippen LogP contribution in [0, 0.1) is 11.3 Å². The molecule has 0 spiro atoms. The summed E-state index contributed by atoms with van der Waals surface area (Å²) in [5.74, 6) is 0.653. The first-order valence-corrected chi connectivity index (χ1v) is 9.66. The second-order valence-corrected chi connectivity index (χ2v) is 7.45. The van der Waals surface area contributed by atoms with Crippen LogP contribution in [-0.2, 0) is 4.79 Å². The number of carbonyl (C=O) groups excluding carboxylic acids is 2. The molecule has 0 radical (unpaired) electrons. The summed E-state index contributed by atoms with van der Waals surface area (Å²) in [7, 11) is 0. The molecule has 2 aliphatic heterocycles. The molecule has 0 aliphatic carbocycles. The van der Waals surface area contributed by atoms with E-state index in [9.17, 15) is 9.59 Å². The largest absolute Gasteiger partial charge is 0.351 e. The highest BCUT2D eigenvalue weighted by molar-refractivity contribution is 6.07. The van der Waals surface area contributed by atoms with E-state index in [1.54, 1.807) is 9.80 Å². The van der Waals surface area contributed by atoms with E-state index in [0.717, 1.165) is 51.4 Å². The van der Waals surface area contributed by atoms with E-state index in [4.69, 9.17) is 11.1 Å². The molecule has 0 aromatic rings. The molecule has 0 aromatic carbocycles. The lowest BCUT2D eigenvalue weighted by molar-refractivity contribution is -0.131. The predicted molar refractivity (Wildman–Crippen MR) is 98.2 cm³/mol. The number of guanidine groups is 1. The highest BCUT2D eigenvalue weighted by Gasteiger charge is 2.48. The fourth-order valence-corrected chi connectivity index (χ4v) is 3.92. The summed E-state index contributed by atoms with van der Waals surface area (Å²) in [4.78, 5) is 27.6. The highest BCUT2D eigenvalue weighted by Crippen LogP contribution is 2.30. The molecule has 7 nitrogen and oxygen atoms in total. The van der Waals surface area contributed by atoms with Crippen LogP contribution in [0.15, 0.2) is 0 Å². The first kappa shape index (κ1) is 19.5. The van der Waals surface area contributed by atoms with Crippen molar-refractivity contribution in [3.8, 4) is 0 Å². The molecule has 2 rings (SSSR count). The van der Waals surface area contributed by atoms with E-state index in [2.05, 4.69) is 19.2 Å². The molecule has 1 atom stereocenters. The summed E-state index contributed by atoms with van der Waals surface area (Å²) >= 11 is 0. The average molecular weight is 351 g/mol. The van der Waals surface area contributed by atoms with Gasteiger partial charge in [-0.1, -0.05) is 39.5 Å². The zero-order valence-electron chi connectivity index (χ0n) is 15.6. The number of amides is 3. The Morgan fingerprint density at radius 2 is 1.96 bits per heavy atom. The number of rotatable bonds is 9. The van der Waals surface area contributed by atoms with Gasteiger partial charge < -0.3 is 16.0 Å². The van der Waals surface area contributed by atoms with Crippen LogP contribution in [0.2, 0.25) is 0 Å². The molecule has 2 heterocycles. The van der Waals surface area contributed by atoms with Crippen molar-refractivity contribution in [2.75, 3.05) is 19.6 Å². The number of hydrogen-bond acceptors (Lipinski definition) is 3. The van der Waals surface area contributed by atoms with Crippen molar-refractivity contribution < 1.29 is 9.59 Å². The Balaban J connectivity index is 1.95. The second kappa shape index (κ2) is 8.54. The molecule has 3 amide bonds. The third-order valence-electron chi connectivity index (χ3n) is 5.55. The van der Waals surface area contributed by atoms with Crippen LogP contribution in [0.1, 0.15) is 65.2 Å². The van der Waals surface area contributed by atoms with Gasteiger partial charge in [0.15, 0.2) is 5.96 Å². The minimum absolute atomic E-state index is 0.0594. The molecule has 4 N–H and O–H groups in total. The van der Waals surface area contributed by atoms with Crippen molar-refractivity contribution in [2.24, 2.45) is 11.7 Å². The van der Waals surface area contributed by atoms with Gasteiger partial charge >= 0.3 is 6.03 Å². The molecule has 25 heavy (non-hydrogen) atoms. The van der Waals surface area contributed by atoms with Crippen LogP contribution in [0.4, 0.5) is 4.79 Å². The standard InChI is InChI=1S/C18H33N5O2/c1-3-5-9-18(10-6-4-2)15(24)23(16(19)21-18)12-8-14-7-11-22(13-14)17(20)25/h14H,3-13H2,1-2H3,(H2,19,21)(H2,20,25). The van der Waals surface area contributed by atoms with Gasteiger partial charge in [-0.25, -0.2) is 4.79 Å². The van der Waals surface area contributed by atoms with Gasteiger partial charge in [-0.15, -0.1) is 0 Å². The topological polar surface area (TPSA) is 103 Å². The van der Waals surface area contributed by atoms with Crippen molar-refractivity contribution in [1.82, 2.24) is 15.1 Å². The fourth-order valence-electron chi connectivity index (χ4n) is 3.92. The van der Waals surface area contributed by atoms with Crippen LogP contribution < -0.4 is 11.1 Å². The lowest BCUT2D eigenvalue weighted by atomic mass is 9.87. The summed E-state index contributed by atoms with van der Waals surface area (Å²) in [5.41, 5.74) is 4.74. The van der Waals surface area contributed by atoms with E-state index in [1.165, 1.54) is 0 Å². The number of primary amides is 1. The molecule has 0 aromatic heterocycles. The van der Waals surface area contributed by atoms with Gasteiger partial charge in [-0.3, -0.25) is 15.1 Å². The maximum atomic E-state index is 13.1. The van der Waals surface area contributed by atoms with Crippen molar-refractivity contribution in [3.05, 3.63) is 0 Å². The Kier molecular flexibility index (Phi) is 6.67. The lowest BCUT2D eigenvalue weighted by Gasteiger charge is -2.27. The normalized spacial score (nSPS) is 22.6. The van der Waals surface area contributed by atoms with Gasteiger partial charge in [0.2, 0.25) is 0 Å². The van der Waals surface area contributed by atoms with Gasteiger partial charge in [0.25, 0.3) is 5.91 Å². The number of likely N-dealkylation sites (tertiary alicyclic amines) is 1. The number of unbranched alkanes of at least 4 members (excludes halogenated alkanes) is 2. The maximum Gasteiger partial charge on any atom is 0.314 e. The molecule has 2 saturated heterocycles. The number of urea groups is 1. The molecular weight excluding hydrogens is 318 g/mol. The zero-order chi connectivity index (χ0) is 18.4. The second-order valence-electron chi connectivity index (χ2n) is 7.45. The molecule has 142 valence electrons. The lowest BCUT2D eigenvalue weighted by Crippen LogP contribution is -2.47. The third kappa shape index (κ3) is 4.44. The van der Waals surface area contributed by atoms with Crippen molar-refractivity contribution in [2.45, 2.75) is 70.8 Å². The molecule has 1 unspecified atom stereocenters. The Labute approximate surface area is 150 Å². The van der Waals surface area contributed by atoms with E-state index < -0.39 is 5.54 Å². The molecule has 0 bridgehead atoms. The van der Waals surface area contributed by atoms with E-state index in [0.29, 0.717) is 25.6 Å². The molecule has 2 fully saturated rings. The summed E-state index contributed by atoms with van der Waals surface area (Å²) in [5, 5.41) is 11.5. The number of nitrogens with two attached hydrogens (primary N) is 1. The van der Waals surface area contributed by atoms with E-state index >= 15 is 0 Å². The number of nitrogens with one attached hydrogen (secondary N) is 2. The maximum absolute atomic E-state index is 13.1. The SMILES string of the molecule is CCCCC1(CCCC)NC(=N)N(CCC2CCN(C(N)=O)C2)C1=O. The minimum Gasteiger partial charge on any atom is -0.351 e. The summed E-state index contributed by atoms with van der Waals surface area (Å²) in [6.45, 7) is 6.15. The molecule has 0 saturated carbocycles. The van der Waals surface area contributed by atoms with Crippen LogP contribution >= 0.6 is 0 Å². The Hall–Kier alpha value is -1.79. The van der Waals surface area contributed by atoms with Gasteiger partial charge in [-0.05, 0) is 31.6 Å². The Morgan fingerprint density at radius 1 is 1.32 bits per heavy atom. The zero-order valence-corrected chi connectivity index (χ0v) is 15.6. The molecule has 7 heteroatoms.